The molecular weight excluding hydrogens is 437 g/mol. The number of ether oxygens (including phenoxy) is 1. The highest BCUT2D eigenvalue weighted by Gasteiger charge is 2.38. The summed E-state index contributed by atoms with van der Waals surface area (Å²) in [5.41, 5.74) is 0.625. The first-order valence-corrected chi connectivity index (χ1v) is 10.2. The van der Waals surface area contributed by atoms with Crippen LogP contribution in [0.3, 0.4) is 0 Å². The molecule has 0 fully saturated rings. The number of nitriles is 1. The molecule has 2 rings (SSSR count). The summed E-state index contributed by atoms with van der Waals surface area (Å²) in [6.07, 6.45) is -3.02. The lowest BCUT2D eigenvalue weighted by Gasteiger charge is -2.28. The lowest BCUT2D eigenvalue weighted by atomic mass is 10.1. The smallest absolute Gasteiger partial charge is 0.480 e. The molecule has 0 heterocycles. The van der Waals surface area contributed by atoms with Crippen molar-refractivity contribution in [2.24, 2.45) is 0 Å². The van der Waals surface area contributed by atoms with Crippen LogP contribution in [-0.4, -0.2) is 42.7 Å². The largest absolute Gasteiger partial charge is 0.573 e. The Labute approximate surface area is 176 Å². The van der Waals surface area contributed by atoms with E-state index < -0.39 is 45.6 Å². The molecule has 0 bridgehead atoms. The van der Waals surface area contributed by atoms with Gasteiger partial charge in [0.25, 0.3) is 0 Å². The Hall–Kier alpha value is -3.36. The number of carboxylic acid groups (broad SMARTS) is 1. The van der Waals surface area contributed by atoms with Gasteiger partial charge in [-0.2, -0.15) is 9.57 Å². The number of benzene rings is 2. The maximum absolute atomic E-state index is 13.3. The van der Waals surface area contributed by atoms with E-state index in [4.69, 9.17) is 5.26 Å². The number of carboxylic acids is 1. The van der Waals surface area contributed by atoms with Crippen molar-refractivity contribution in [2.45, 2.75) is 23.7 Å². The zero-order chi connectivity index (χ0) is 23.1. The molecule has 2 aromatic carbocycles. The van der Waals surface area contributed by atoms with Gasteiger partial charge < -0.3 is 9.84 Å². The van der Waals surface area contributed by atoms with Crippen LogP contribution in [0.1, 0.15) is 5.56 Å². The third-order valence-electron chi connectivity index (χ3n) is 4.00. The molecule has 0 aliphatic heterocycles. The van der Waals surface area contributed by atoms with Crippen LogP contribution in [0.4, 0.5) is 13.2 Å². The zero-order valence-corrected chi connectivity index (χ0v) is 16.7. The highest BCUT2D eigenvalue weighted by molar-refractivity contribution is 7.89. The van der Waals surface area contributed by atoms with Gasteiger partial charge in [0.2, 0.25) is 10.0 Å². The first-order chi connectivity index (χ1) is 14.5. The van der Waals surface area contributed by atoms with Crippen molar-refractivity contribution in [3.8, 4) is 11.8 Å². The van der Waals surface area contributed by atoms with Gasteiger partial charge in [0, 0.05) is 12.1 Å². The van der Waals surface area contributed by atoms with E-state index in [1.54, 1.807) is 36.4 Å². The molecule has 0 saturated carbocycles. The number of rotatable bonds is 9. The van der Waals surface area contributed by atoms with Crippen LogP contribution in [-0.2, 0) is 21.2 Å². The monoisotopic (exact) mass is 454 g/mol. The van der Waals surface area contributed by atoms with E-state index in [1.807, 2.05) is 0 Å². The number of aliphatic carboxylic acids is 1. The van der Waals surface area contributed by atoms with Gasteiger partial charge in [-0.3, -0.25) is 4.79 Å². The van der Waals surface area contributed by atoms with Gasteiger partial charge in [-0.15, -0.1) is 13.2 Å². The maximum atomic E-state index is 13.3. The van der Waals surface area contributed by atoms with Crippen molar-refractivity contribution in [1.29, 1.82) is 5.26 Å². The number of carbonyl (C=O) groups is 1. The molecule has 7 nitrogen and oxygen atoms in total. The summed E-state index contributed by atoms with van der Waals surface area (Å²) in [6.45, 7) is -1.05. The summed E-state index contributed by atoms with van der Waals surface area (Å²) in [5.74, 6) is -2.52. The molecule has 164 valence electrons. The van der Waals surface area contributed by atoms with E-state index in [2.05, 4.69) is 4.74 Å². The van der Waals surface area contributed by atoms with Crippen LogP contribution in [0, 0.1) is 11.3 Å². The molecule has 0 radical (unpaired) electrons. The summed E-state index contributed by atoms with van der Waals surface area (Å²) in [4.78, 5) is 10.6. The quantitative estimate of drug-likeness (QED) is 0.583. The Bertz CT molecular complexity index is 1080. The van der Waals surface area contributed by atoms with Crippen LogP contribution in [0.15, 0.2) is 71.6 Å². The molecule has 1 atom stereocenters. The first-order valence-electron chi connectivity index (χ1n) is 8.73. The summed E-state index contributed by atoms with van der Waals surface area (Å²) in [6, 6.07) is 13.0. The number of allylic oxidation sites excluding steroid dienone is 1. The Morgan fingerprint density at radius 3 is 2.35 bits per heavy atom. The minimum atomic E-state index is -5.16. The SMILES string of the molecule is N#CC=CC(Cc1ccccc1)N(CC(=O)O)S(=O)(=O)c1ccccc1OC(F)(F)F. The average molecular weight is 454 g/mol. The van der Waals surface area contributed by atoms with E-state index in [0.29, 0.717) is 9.87 Å². The fourth-order valence-electron chi connectivity index (χ4n) is 2.79. The summed E-state index contributed by atoms with van der Waals surface area (Å²) < 4.78 is 69.2. The van der Waals surface area contributed by atoms with Crippen LogP contribution in [0.5, 0.6) is 5.75 Å². The minimum absolute atomic E-state index is 0.0200. The third kappa shape index (κ3) is 6.84. The lowest BCUT2D eigenvalue weighted by molar-refractivity contribution is -0.275. The van der Waals surface area contributed by atoms with E-state index >= 15 is 0 Å². The molecule has 1 N–H and O–H groups in total. The Kier molecular flexibility index (Phi) is 7.79. The first kappa shape index (κ1) is 23.9. The van der Waals surface area contributed by atoms with Gasteiger partial charge in [-0.1, -0.05) is 48.5 Å². The summed E-state index contributed by atoms with van der Waals surface area (Å²) >= 11 is 0. The summed E-state index contributed by atoms with van der Waals surface area (Å²) in [5, 5.41) is 18.2. The van der Waals surface area contributed by atoms with E-state index in [9.17, 15) is 31.5 Å². The molecular formula is C20H17F3N2O5S. The second-order valence-electron chi connectivity index (χ2n) is 6.18. The van der Waals surface area contributed by atoms with Crippen molar-refractivity contribution in [3.05, 3.63) is 72.3 Å². The van der Waals surface area contributed by atoms with Crippen LogP contribution < -0.4 is 4.74 Å². The highest BCUT2D eigenvalue weighted by atomic mass is 32.2. The standard InChI is InChI=1S/C20H17F3N2O5S/c21-20(22,23)30-17-10-4-5-11-18(17)31(28,29)25(14-19(26)27)16(9-6-12-24)13-15-7-2-1-3-8-15/h1-11,16H,13-14H2,(H,26,27). The number of halogens is 3. The molecule has 0 saturated heterocycles. The second-order valence-corrected chi connectivity index (χ2v) is 8.04. The number of nitrogens with zero attached hydrogens (tertiary/aromatic N) is 2. The van der Waals surface area contributed by atoms with Gasteiger partial charge in [0.05, 0.1) is 6.07 Å². The maximum Gasteiger partial charge on any atom is 0.573 e. The Balaban J connectivity index is 2.58. The predicted octanol–water partition coefficient (Wildman–Crippen LogP) is 3.35. The van der Waals surface area contributed by atoms with Gasteiger partial charge in [0.1, 0.15) is 17.2 Å². The van der Waals surface area contributed by atoms with Gasteiger partial charge >= 0.3 is 12.3 Å². The van der Waals surface area contributed by atoms with Gasteiger partial charge in [-0.05, 0) is 24.1 Å². The second kappa shape index (κ2) is 10.1. The average Bonchev–Trinajstić information content (AvgIpc) is 2.69. The van der Waals surface area contributed by atoms with Crippen molar-refractivity contribution >= 4 is 16.0 Å². The van der Waals surface area contributed by atoms with Crippen molar-refractivity contribution < 1.29 is 36.2 Å². The van der Waals surface area contributed by atoms with Crippen molar-refractivity contribution in [2.75, 3.05) is 6.54 Å². The molecule has 0 amide bonds. The van der Waals surface area contributed by atoms with Gasteiger partial charge in [-0.25, -0.2) is 8.42 Å². The molecule has 2 aromatic rings. The molecule has 0 aromatic heterocycles. The van der Waals surface area contributed by atoms with E-state index in [-0.39, 0.29) is 6.42 Å². The van der Waals surface area contributed by atoms with E-state index in [0.717, 1.165) is 24.3 Å². The molecule has 0 spiro atoms. The number of hydrogen-bond acceptors (Lipinski definition) is 5. The number of sulfonamides is 1. The number of para-hydroxylation sites is 1. The predicted molar refractivity (Wildman–Crippen MR) is 103 cm³/mol. The van der Waals surface area contributed by atoms with Crippen molar-refractivity contribution in [1.82, 2.24) is 4.31 Å². The Morgan fingerprint density at radius 2 is 1.77 bits per heavy atom. The zero-order valence-electron chi connectivity index (χ0n) is 15.9. The van der Waals surface area contributed by atoms with Gasteiger partial charge in [0.15, 0.2) is 0 Å². The fourth-order valence-corrected chi connectivity index (χ4v) is 4.44. The molecule has 11 heteroatoms. The Morgan fingerprint density at radius 1 is 1.16 bits per heavy atom. The minimum Gasteiger partial charge on any atom is -0.480 e. The summed E-state index contributed by atoms with van der Waals surface area (Å²) in [7, 11) is -4.78. The van der Waals surface area contributed by atoms with E-state index in [1.165, 1.54) is 12.1 Å². The third-order valence-corrected chi connectivity index (χ3v) is 5.91. The van der Waals surface area contributed by atoms with Crippen LogP contribution >= 0.6 is 0 Å². The van der Waals surface area contributed by atoms with Crippen molar-refractivity contribution in [3.63, 3.8) is 0 Å². The topological polar surface area (TPSA) is 108 Å². The molecule has 31 heavy (non-hydrogen) atoms. The molecule has 0 aliphatic carbocycles. The highest BCUT2D eigenvalue weighted by Crippen LogP contribution is 2.32. The molecule has 1 unspecified atom stereocenters. The normalized spacial score (nSPS) is 13.1. The fraction of sp³-hybridized carbons (Fsp3) is 0.200. The van der Waals surface area contributed by atoms with Crippen LogP contribution in [0.2, 0.25) is 0 Å². The lowest BCUT2D eigenvalue weighted by Crippen LogP contribution is -2.43. The number of alkyl halides is 3. The molecule has 0 aliphatic rings. The van der Waals surface area contributed by atoms with Crippen LogP contribution in [0.25, 0.3) is 0 Å². The number of hydrogen-bond donors (Lipinski definition) is 1.